The number of halogens is 1. The molecule has 1 N–H and O–H groups in total. The Morgan fingerprint density at radius 1 is 1.40 bits per heavy atom. The van der Waals surface area contributed by atoms with Crippen molar-refractivity contribution < 1.29 is 0 Å². The number of unbranched alkanes of at least 4 members (excludes halogenated alkanes) is 2. The average Bonchev–Trinajstić information content (AvgIpc) is 2.41. The van der Waals surface area contributed by atoms with Crippen LogP contribution in [0.1, 0.15) is 33.1 Å². The molecule has 114 valence electrons. The minimum absolute atomic E-state index is 0.215. The number of nitrogens with one attached hydrogen (secondary N) is 1. The molecule has 0 aliphatic carbocycles. The molecule has 0 radical (unpaired) electrons. The zero-order valence-electron chi connectivity index (χ0n) is 12.5. The van der Waals surface area contributed by atoms with Crippen molar-refractivity contribution in [2.24, 2.45) is 5.92 Å². The predicted molar refractivity (Wildman–Crippen MR) is 89.1 cm³/mol. The zero-order chi connectivity index (χ0) is 15.0. The molecule has 0 bridgehead atoms. The summed E-state index contributed by atoms with van der Waals surface area (Å²) in [6.07, 6.45) is 7.25. The lowest BCUT2D eigenvalue weighted by molar-refractivity contribution is 0.464. The fourth-order valence-corrected chi connectivity index (χ4v) is 2.54. The first-order chi connectivity index (χ1) is 9.56. The molecule has 0 fully saturated rings. The smallest absolute Gasteiger partial charge is 0.287 e. The first-order valence-electron chi connectivity index (χ1n) is 7.04. The van der Waals surface area contributed by atoms with Crippen molar-refractivity contribution >= 4 is 29.1 Å². The van der Waals surface area contributed by atoms with E-state index in [1.54, 1.807) is 6.20 Å². The van der Waals surface area contributed by atoms with Crippen LogP contribution in [0.2, 0.25) is 5.02 Å². The van der Waals surface area contributed by atoms with Gasteiger partial charge in [0.25, 0.3) is 5.56 Å². The largest absolute Gasteiger partial charge is 0.382 e. The number of nitrogens with zero attached hydrogens (tertiary/aromatic N) is 2. The van der Waals surface area contributed by atoms with Crippen LogP contribution in [0, 0.1) is 5.92 Å². The summed E-state index contributed by atoms with van der Waals surface area (Å²) in [5, 5.41) is 7.60. The van der Waals surface area contributed by atoms with Crippen molar-refractivity contribution in [1.82, 2.24) is 9.78 Å². The van der Waals surface area contributed by atoms with E-state index in [1.807, 2.05) is 25.6 Å². The number of hydrogen-bond donors (Lipinski definition) is 1. The first kappa shape index (κ1) is 17.4. The van der Waals surface area contributed by atoms with Crippen LogP contribution >= 0.6 is 23.4 Å². The van der Waals surface area contributed by atoms with Crippen LogP contribution in [0.15, 0.2) is 11.0 Å². The Balaban J connectivity index is 2.51. The van der Waals surface area contributed by atoms with Crippen molar-refractivity contribution in [3.05, 3.63) is 21.6 Å². The van der Waals surface area contributed by atoms with E-state index >= 15 is 0 Å². The van der Waals surface area contributed by atoms with E-state index in [1.165, 1.54) is 23.3 Å². The van der Waals surface area contributed by atoms with E-state index < -0.39 is 0 Å². The molecule has 0 unspecified atom stereocenters. The molecule has 0 saturated heterocycles. The molecule has 1 rings (SSSR count). The highest BCUT2D eigenvalue weighted by Gasteiger charge is 2.09. The molecular formula is C14H24ClN3OS. The summed E-state index contributed by atoms with van der Waals surface area (Å²) in [5.74, 6) is 1.57. The third kappa shape index (κ3) is 5.75. The fourth-order valence-electron chi connectivity index (χ4n) is 1.84. The van der Waals surface area contributed by atoms with E-state index in [0.717, 1.165) is 13.0 Å². The van der Waals surface area contributed by atoms with Gasteiger partial charge < -0.3 is 5.32 Å². The summed E-state index contributed by atoms with van der Waals surface area (Å²) in [6, 6.07) is 0. The predicted octanol–water partition coefficient (Wildman–Crippen LogP) is 3.50. The normalized spacial score (nSPS) is 11.1. The summed E-state index contributed by atoms with van der Waals surface area (Å²) in [6.45, 7) is 5.50. The summed E-state index contributed by atoms with van der Waals surface area (Å²) >= 11 is 7.98. The van der Waals surface area contributed by atoms with Gasteiger partial charge in [0.2, 0.25) is 0 Å². The van der Waals surface area contributed by atoms with Gasteiger partial charge in [-0.05, 0) is 30.8 Å². The molecule has 0 spiro atoms. The second kappa shape index (κ2) is 9.29. The maximum absolute atomic E-state index is 12.0. The molecule has 0 saturated carbocycles. The molecular weight excluding hydrogens is 294 g/mol. The third-order valence-corrected chi connectivity index (χ3v) is 3.93. The van der Waals surface area contributed by atoms with Crippen LogP contribution in [0.25, 0.3) is 0 Å². The van der Waals surface area contributed by atoms with Gasteiger partial charge in [-0.3, -0.25) is 4.79 Å². The van der Waals surface area contributed by atoms with Crippen LogP contribution < -0.4 is 10.9 Å². The van der Waals surface area contributed by atoms with E-state index in [0.29, 0.717) is 18.2 Å². The van der Waals surface area contributed by atoms with Gasteiger partial charge in [-0.1, -0.05) is 31.9 Å². The quantitative estimate of drug-likeness (QED) is 0.708. The van der Waals surface area contributed by atoms with Crippen LogP contribution in [0.5, 0.6) is 0 Å². The number of thioether (sulfide) groups is 1. The molecule has 1 aromatic heterocycles. The number of hydrogen-bond acceptors (Lipinski definition) is 4. The Labute approximate surface area is 130 Å². The van der Waals surface area contributed by atoms with Gasteiger partial charge in [0.05, 0.1) is 11.9 Å². The van der Waals surface area contributed by atoms with Crippen LogP contribution in [-0.2, 0) is 6.54 Å². The van der Waals surface area contributed by atoms with Crippen molar-refractivity contribution in [3.63, 3.8) is 0 Å². The molecule has 1 heterocycles. The van der Waals surface area contributed by atoms with Gasteiger partial charge in [-0.25, -0.2) is 4.68 Å². The highest BCUT2D eigenvalue weighted by atomic mass is 35.5. The summed E-state index contributed by atoms with van der Waals surface area (Å²) < 4.78 is 1.43. The lowest BCUT2D eigenvalue weighted by Crippen LogP contribution is -2.26. The van der Waals surface area contributed by atoms with Gasteiger partial charge in [-0.15, -0.1) is 0 Å². The number of anilines is 1. The maximum atomic E-state index is 12.0. The van der Waals surface area contributed by atoms with E-state index in [-0.39, 0.29) is 10.6 Å². The Hall–Kier alpha value is -0.680. The Morgan fingerprint density at radius 3 is 2.80 bits per heavy atom. The summed E-state index contributed by atoms with van der Waals surface area (Å²) in [7, 11) is 0. The molecule has 0 aliphatic heterocycles. The zero-order valence-corrected chi connectivity index (χ0v) is 14.1. The van der Waals surface area contributed by atoms with Gasteiger partial charge >= 0.3 is 0 Å². The van der Waals surface area contributed by atoms with E-state index in [2.05, 4.69) is 16.7 Å². The molecule has 4 nitrogen and oxygen atoms in total. The fraction of sp³-hybridized carbons (Fsp3) is 0.714. The minimum Gasteiger partial charge on any atom is -0.382 e. The highest BCUT2D eigenvalue weighted by Crippen LogP contribution is 2.15. The van der Waals surface area contributed by atoms with Gasteiger partial charge in [0, 0.05) is 13.1 Å². The molecule has 1 aromatic rings. The lowest BCUT2D eigenvalue weighted by Gasteiger charge is -2.11. The van der Waals surface area contributed by atoms with Crippen LogP contribution in [0.3, 0.4) is 0 Å². The monoisotopic (exact) mass is 317 g/mol. The van der Waals surface area contributed by atoms with Gasteiger partial charge in [0.1, 0.15) is 5.02 Å². The number of aromatic nitrogens is 2. The van der Waals surface area contributed by atoms with Crippen LogP contribution in [-0.4, -0.2) is 28.3 Å². The Kier molecular flexibility index (Phi) is 8.07. The minimum atomic E-state index is -0.215. The summed E-state index contributed by atoms with van der Waals surface area (Å²) in [4.78, 5) is 12.0. The second-order valence-corrected chi connectivity index (χ2v) is 6.60. The molecule has 0 aromatic carbocycles. The molecule has 0 atom stereocenters. The van der Waals surface area contributed by atoms with Crippen molar-refractivity contribution in [2.45, 2.75) is 39.7 Å². The summed E-state index contributed by atoms with van der Waals surface area (Å²) in [5.41, 5.74) is 0.425. The Bertz CT molecular complexity index is 462. The van der Waals surface area contributed by atoms with Gasteiger partial charge in [0.15, 0.2) is 0 Å². The molecule has 20 heavy (non-hydrogen) atoms. The lowest BCUT2D eigenvalue weighted by atomic mass is 10.2. The van der Waals surface area contributed by atoms with Crippen molar-refractivity contribution in [3.8, 4) is 0 Å². The van der Waals surface area contributed by atoms with E-state index in [4.69, 9.17) is 11.6 Å². The maximum Gasteiger partial charge on any atom is 0.287 e. The highest BCUT2D eigenvalue weighted by molar-refractivity contribution is 7.98. The molecule has 0 amide bonds. The second-order valence-electron chi connectivity index (χ2n) is 5.23. The topological polar surface area (TPSA) is 46.9 Å². The molecule has 0 aliphatic rings. The van der Waals surface area contributed by atoms with Crippen molar-refractivity contribution in [1.29, 1.82) is 0 Å². The average molecular weight is 318 g/mol. The third-order valence-electron chi connectivity index (χ3n) is 2.86. The van der Waals surface area contributed by atoms with Crippen LogP contribution in [0.4, 0.5) is 5.69 Å². The van der Waals surface area contributed by atoms with Gasteiger partial charge in [-0.2, -0.15) is 16.9 Å². The van der Waals surface area contributed by atoms with Crippen molar-refractivity contribution in [2.75, 3.05) is 23.9 Å². The Morgan fingerprint density at radius 2 is 2.15 bits per heavy atom. The van der Waals surface area contributed by atoms with E-state index in [9.17, 15) is 4.79 Å². The SMILES string of the molecule is CSCCCCCNc1cnn(CC(C)C)c(=O)c1Cl. The number of rotatable bonds is 9. The molecule has 6 heteroatoms. The first-order valence-corrected chi connectivity index (χ1v) is 8.82. The standard InChI is InChI=1S/C14H24ClN3OS/c1-11(2)10-18-14(19)13(15)12(9-17-18)16-7-5-4-6-8-20-3/h9,11,16H,4-8,10H2,1-3H3.